The molecule has 2 rings (SSSR count). The first-order chi connectivity index (χ1) is 6.74. The molecule has 0 aliphatic heterocycles. The maximum Gasteiger partial charge on any atom is 0.177 e. The van der Waals surface area contributed by atoms with Gasteiger partial charge in [0.25, 0.3) is 0 Å². The van der Waals surface area contributed by atoms with Gasteiger partial charge >= 0.3 is 0 Å². The van der Waals surface area contributed by atoms with Gasteiger partial charge in [0.05, 0.1) is 18.0 Å². The zero-order valence-electron chi connectivity index (χ0n) is 7.29. The molecular formula is C9H6ClFN2O. The molecule has 3 nitrogen and oxygen atoms in total. The van der Waals surface area contributed by atoms with Crippen LogP contribution in [0.2, 0.25) is 5.15 Å². The van der Waals surface area contributed by atoms with Crippen LogP contribution in [0.25, 0.3) is 10.9 Å². The van der Waals surface area contributed by atoms with Gasteiger partial charge in [-0.3, -0.25) is 0 Å². The Balaban J connectivity index is 2.86. The van der Waals surface area contributed by atoms with E-state index in [9.17, 15) is 4.39 Å². The van der Waals surface area contributed by atoms with E-state index in [2.05, 4.69) is 9.97 Å². The summed E-state index contributed by atoms with van der Waals surface area (Å²) < 4.78 is 18.5. The number of hydrogen-bond donors (Lipinski definition) is 0. The minimum atomic E-state index is -0.532. The second kappa shape index (κ2) is 3.38. The highest BCUT2D eigenvalue weighted by Crippen LogP contribution is 2.28. The second-order valence-corrected chi connectivity index (χ2v) is 3.00. The average Bonchev–Trinajstić information content (AvgIpc) is 2.18. The van der Waals surface area contributed by atoms with Crippen LogP contribution in [-0.4, -0.2) is 17.1 Å². The van der Waals surface area contributed by atoms with Crippen molar-refractivity contribution in [2.24, 2.45) is 0 Å². The van der Waals surface area contributed by atoms with Gasteiger partial charge in [-0.25, -0.2) is 14.4 Å². The highest BCUT2D eigenvalue weighted by Gasteiger charge is 2.11. The van der Waals surface area contributed by atoms with E-state index in [1.165, 1.54) is 19.5 Å². The molecule has 0 radical (unpaired) electrons. The summed E-state index contributed by atoms with van der Waals surface area (Å²) in [6.45, 7) is 0. The lowest BCUT2D eigenvalue weighted by molar-refractivity contribution is 0.389. The summed E-state index contributed by atoms with van der Waals surface area (Å²) in [6, 6.07) is 3.13. The van der Waals surface area contributed by atoms with Crippen molar-refractivity contribution in [3.8, 4) is 5.75 Å². The monoisotopic (exact) mass is 212 g/mol. The molecule has 2 aromatic rings. The Kier molecular flexibility index (Phi) is 2.21. The molecule has 0 atom stereocenters. The molecule has 0 N–H and O–H groups in total. The lowest BCUT2D eigenvalue weighted by Crippen LogP contribution is -1.92. The fourth-order valence-corrected chi connectivity index (χ4v) is 1.44. The van der Waals surface area contributed by atoms with Crippen LogP contribution in [0.15, 0.2) is 18.5 Å². The Hall–Kier alpha value is -1.42. The number of benzene rings is 1. The number of fused-ring (bicyclic) bond motifs is 1. The second-order valence-electron chi connectivity index (χ2n) is 2.64. The van der Waals surface area contributed by atoms with Gasteiger partial charge in [0.15, 0.2) is 11.6 Å². The van der Waals surface area contributed by atoms with Crippen molar-refractivity contribution in [3.63, 3.8) is 0 Å². The highest BCUT2D eigenvalue weighted by molar-refractivity contribution is 6.34. The van der Waals surface area contributed by atoms with E-state index < -0.39 is 5.82 Å². The lowest BCUT2D eigenvalue weighted by atomic mass is 10.2. The zero-order chi connectivity index (χ0) is 10.1. The van der Waals surface area contributed by atoms with Gasteiger partial charge in [-0.1, -0.05) is 11.6 Å². The Morgan fingerprint density at radius 3 is 2.86 bits per heavy atom. The quantitative estimate of drug-likeness (QED) is 0.681. The highest BCUT2D eigenvalue weighted by atomic mass is 35.5. The maximum atomic E-state index is 13.6. The molecule has 0 bridgehead atoms. The Morgan fingerprint density at radius 2 is 2.14 bits per heavy atom. The van der Waals surface area contributed by atoms with Crippen molar-refractivity contribution in [2.45, 2.75) is 0 Å². The van der Waals surface area contributed by atoms with Crippen molar-refractivity contribution in [2.75, 3.05) is 7.11 Å². The van der Waals surface area contributed by atoms with E-state index in [0.717, 1.165) is 0 Å². The first kappa shape index (κ1) is 9.15. The summed E-state index contributed by atoms with van der Waals surface area (Å²) in [6.07, 6.45) is 1.29. The summed E-state index contributed by atoms with van der Waals surface area (Å²) in [4.78, 5) is 7.59. The maximum absolute atomic E-state index is 13.6. The normalized spacial score (nSPS) is 10.5. The molecule has 1 aromatic carbocycles. The van der Waals surface area contributed by atoms with Crippen molar-refractivity contribution >= 4 is 22.5 Å². The molecule has 5 heteroatoms. The molecule has 0 saturated carbocycles. The van der Waals surface area contributed by atoms with Crippen LogP contribution in [-0.2, 0) is 0 Å². The van der Waals surface area contributed by atoms with Gasteiger partial charge in [-0.2, -0.15) is 0 Å². The zero-order valence-corrected chi connectivity index (χ0v) is 8.05. The molecule has 0 aliphatic carbocycles. The van der Waals surface area contributed by atoms with E-state index in [-0.39, 0.29) is 16.3 Å². The molecule has 0 unspecified atom stereocenters. The predicted octanol–water partition coefficient (Wildman–Crippen LogP) is 2.43. The number of hydrogen-bond acceptors (Lipinski definition) is 3. The van der Waals surface area contributed by atoms with Crippen LogP contribution in [0.1, 0.15) is 0 Å². The van der Waals surface area contributed by atoms with Crippen LogP contribution in [0, 0.1) is 5.82 Å². The summed E-state index contributed by atoms with van der Waals surface area (Å²) in [5.41, 5.74) is 0.461. The Bertz CT molecular complexity index is 489. The van der Waals surface area contributed by atoms with Gasteiger partial charge in [-0.15, -0.1) is 0 Å². The van der Waals surface area contributed by atoms with E-state index in [0.29, 0.717) is 5.52 Å². The van der Waals surface area contributed by atoms with Crippen LogP contribution >= 0.6 is 11.6 Å². The SMILES string of the molecule is COc1ccc2ncnc(Cl)c2c1F. The molecule has 0 spiro atoms. The molecule has 0 saturated heterocycles. The summed E-state index contributed by atoms with van der Waals surface area (Å²) in [5, 5.41) is 0.278. The van der Waals surface area contributed by atoms with Crippen LogP contribution in [0.3, 0.4) is 0 Å². The number of methoxy groups -OCH3 is 1. The van der Waals surface area contributed by atoms with E-state index in [1.807, 2.05) is 0 Å². The lowest BCUT2D eigenvalue weighted by Gasteiger charge is -2.04. The third-order valence-corrected chi connectivity index (χ3v) is 2.17. The summed E-state index contributed by atoms with van der Waals surface area (Å²) in [5.74, 6) is -0.398. The fourth-order valence-electron chi connectivity index (χ4n) is 1.21. The van der Waals surface area contributed by atoms with Crippen LogP contribution in [0.4, 0.5) is 4.39 Å². The van der Waals surface area contributed by atoms with E-state index >= 15 is 0 Å². The van der Waals surface area contributed by atoms with Crippen molar-refractivity contribution < 1.29 is 9.13 Å². The van der Waals surface area contributed by atoms with E-state index in [1.54, 1.807) is 6.07 Å². The van der Waals surface area contributed by atoms with Gasteiger partial charge in [0, 0.05) is 0 Å². The topological polar surface area (TPSA) is 35.0 Å². The Labute approximate surface area is 84.5 Å². The number of rotatable bonds is 1. The summed E-state index contributed by atoms with van der Waals surface area (Å²) in [7, 11) is 1.39. The molecule has 0 fully saturated rings. The van der Waals surface area contributed by atoms with E-state index in [4.69, 9.17) is 16.3 Å². The molecule has 1 aromatic heterocycles. The number of ether oxygens (including phenoxy) is 1. The third-order valence-electron chi connectivity index (χ3n) is 1.88. The minimum Gasteiger partial charge on any atom is -0.494 e. The standard InChI is InChI=1S/C9H6ClFN2O/c1-14-6-3-2-5-7(8(6)11)9(10)13-4-12-5/h2-4H,1H3. The predicted molar refractivity (Wildman–Crippen MR) is 51.1 cm³/mol. The van der Waals surface area contributed by atoms with Crippen LogP contribution < -0.4 is 4.74 Å². The number of aromatic nitrogens is 2. The largest absolute Gasteiger partial charge is 0.494 e. The van der Waals surface area contributed by atoms with Gasteiger partial charge < -0.3 is 4.74 Å². The Morgan fingerprint density at radius 1 is 1.36 bits per heavy atom. The first-order valence-electron chi connectivity index (χ1n) is 3.86. The molecule has 72 valence electrons. The van der Waals surface area contributed by atoms with Crippen molar-refractivity contribution in [1.29, 1.82) is 0 Å². The van der Waals surface area contributed by atoms with Gasteiger partial charge in [0.1, 0.15) is 11.5 Å². The molecule has 0 aliphatic rings. The summed E-state index contributed by atoms with van der Waals surface area (Å²) >= 11 is 5.74. The van der Waals surface area contributed by atoms with Gasteiger partial charge in [-0.05, 0) is 12.1 Å². The molecular weight excluding hydrogens is 207 g/mol. The first-order valence-corrected chi connectivity index (χ1v) is 4.24. The molecule has 0 amide bonds. The smallest absolute Gasteiger partial charge is 0.177 e. The average molecular weight is 213 g/mol. The number of halogens is 2. The van der Waals surface area contributed by atoms with Crippen molar-refractivity contribution in [3.05, 3.63) is 29.4 Å². The molecule has 1 heterocycles. The molecule has 14 heavy (non-hydrogen) atoms. The number of nitrogens with zero attached hydrogens (tertiary/aromatic N) is 2. The van der Waals surface area contributed by atoms with Gasteiger partial charge in [0.2, 0.25) is 0 Å². The fraction of sp³-hybridized carbons (Fsp3) is 0.111. The van der Waals surface area contributed by atoms with Crippen LogP contribution in [0.5, 0.6) is 5.75 Å². The van der Waals surface area contributed by atoms with Crippen molar-refractivity contribution in [1.82, 2.24) is 9.97 Å². The minimum absolute atomic E-state index is 0.0893. The third kappa shape index (κ3) is 1.28.